The summed E-state index contributed by atoms with van der Waals surface area (Å²) in [6.45, 7) is 2.34. The summed E-state index contributed by atoms with van der Waals surface area (Å²) < 4.78 is 41.2. The summed E-state index contributed by atoms with van der Waals surface area (Å²) in [6.07, 6.45) is -0.458. The molecular formula is C19H18F3N3. The number of benzene rings is 2. The van der Waals surface area contributed by atoms with Crippen LogP contribution >= 0.6 is 0 Å². The molecule has 1 N–H and O–H groups in total. The van der Waals surface area contributed by atoms with Crippen LogP contribution in [0, 0.1) is 6.92 Å². The lowest BCUT2D eigenvalue weighted by Crippen LogP contribution is -2.10. The highest BCUT2D eigenvalue weighted by Gasteiger charge is 2.31. The lowest BCUT2D eigenvalue weighted by Gasteiger charge is -2.14. The number of nitrogens with one attached hydrogen (secondary N) is 1. The fourth-order valence-electron chi connectivity index (χ4n) is 2.58. The van der Waals surface area contributed by atoms with Crippen molar-refractivity contribution >= 4 is 5.69 Å². The van der Waals surface area contributed by atoms with Gasteiger partial charge in [-0.05, 0) is 37.1 Å². The molecule has 6 heteroatoms. The standard InChI is InChI=1S/C19H18F3N3/c1-14-12-25(13-24-14)18-10-16(19(20,21)22)9-17(11-18)23-8-7-15-5-3-2-4-6-15/h2-6,9-13,23H,7-8H2,1H3. The SMILES string of the molecule is Cc1cn(-c2cc(NCCc3ccccc3)cc(C(F)(F)F)c2)cn1. The molecule has 3 rings (SSSR count). The molecule has 0 saturated carbocycles. The van der Waals surface area contributed by atoms with Gasteiger partial charge in [-0.2, -0.15) is 13.2 Å². The van der Waals surface area contributed by atoms with Gasteiger partial charge in [-0.1, -0.05) is 30.3 Å². The number of nitrogens with zero attached hydrogens (tertiary/aromatic N) is 2. The van der Waals surface area contributed by atoms with Crippen molar-refractivity contribution in [1.29, 1.82) is 0 Å². The van der Waals surface area contributed by atoms with Crippen LogP contribution in [-0.2, 0) is 12.6 Å². The van der Waals surface area contributed by atoms with Gasteiger partial charge in [-0.15, -0.1) is 0 Å². The van der Waals surface area contributed by atoms with Gasteiger partial charge in [0.15, 0.2) is 0 Å². The molecule has 130 valence electrons. The lowest BCUT2D eigenvalue weighted by atomic mass is 10.1. The summed E-state index contributed by atoms with van der Waals surface area (Å²) in [5, 5.41) is 3.09. The number of hydrogen-bond donors (Lipinski definition) is 1. The second-order valence-corrected chi connectivity index (χ2v) is 5.85. The normalized spacial score (nSPS) is 11.5. The fourth-order valence-corrected chi connectivity index (χ4v) is 2.58. The Bertz CT molecular complexity index is 839. The van der Waals surface area contributed by atoms with Crippen LogP contribution in [0.15, 0.2) is 61.1 Å². The maximum absolute atomic E-state index is 13.2. The van der Waals surface area contributed by atoms with E-state index in [0.717, 1.165) is 29.8 Å². The minimum atomic E-state index is -4.40. The number of halogens is 3. The second-order valence-electron chi connectivity index (χ2n) is 5.85. The number of rotatable bonds is 5. The van der Waals surface area contributed by atoms with Crippen LogP contribution in [0.3, 0.4) is 0 Å². The third-order valence-corrected chi connectivity index (χ3v) is 3.84. The molecule has 2 aromatic carbocycles. The van der Waals surface area contributed by atoms with Gasteiger partial charge >= 0.3 is 6.18 Å². The van der Waals surface area contributed by atoms with Crippen LogP contribution in [-0.4, -0.2) is 16.1 Å². The molecule has 0 radical (unpaired) electrons. The number of anilines is 1. The highest BCUT2D eigenvalue weighted by atomic mass is 19.4. The molecule has 0 spiro atoms. The van der Waals surface area contributed by atoms with E-state index in [1.165, 1.54) is 6.33 Å². The molecule has 0 amide bonds. The predicted molar refractivity (Wildman–Crippen MR) is 91.9 cm³/mol. The Hall–Kier alpha value is -2.76. The molecule has 0 atom stereocenters. The highest BCUT2D eigenvalue weighted by Crippen LogP contribution is 2.33. The second kappa shape index (κ2) is 7.01. The Balaban J connectivity index is 1.82. The molecule has 0 fully saturated rings. The lowest BCUT2D eigenvalue weighted by molar-refractivity contribution is -0.137. The Morgan fingerprint density at radius 3 is 2.48 bits per heavy atom. The van der Waals surface area contributed by atoms with E-state index in [2.05, 4.69) is 10.3 Å². The van der Waals surface area contributed by atoms with E-state index < -0.39 is 11.7 Å². The number of aromatic nitrogens is 2. The molecule has 3 aromatic rings. The molecule has 25 heavy (non-hydrogen) atoms. The molecule has 0 aliphatic rings. The first-order valence-corrected chi connectivity index (χ1v) is 7.93. The average Bonchev–Trinajstić information content (AvgIpc) is 3.01. The average molecular weight is 345 g/mol. The first kappa shape index (κ1) is 17.1. The Labute approximate surface area is 144 Å². The van der Waals surface area contributed by atoms with Gasteiger partial charge in [0.1, 0.15) is 0 Å². The van der Waals surface area contributed by atoms with Crippen LogP contribution in [0.1, 0.15) is 16.8 Å². The topological polar surface area (TPSA) is 29.9 Å². The van der Waals surface area contributed by atoms with Gasteiger partial charge in [0.25, 0.3) is 0 Å². The molecule has 1 aromatic heterocycles. The largest absolute Gasteiger partial charge is 0.416 e. The van der Waals surface area contributed by atoms with Gasteiger partial charge < -0.3 is 9.88 Å². The van der Waals surface area contributed by atoms with Gasteiger partial charge in [0, 0.05) is 24.1 Å². The number of hydrogen-bond acceptors (Lipinski definition) is 2. The zero-order valence-electron chi connectivity index (χ0n) is 13.7. The monoisotopic (exact) mass is 345 g/mol. The van der Waals surface area contributed by atoms with E-state index in [1.54, 1.807) is 23.8 Å². The van der Waals surface area contributed by atoms with E-state index in [0.29, 0.717) is 17.9 Å². The molecular weight excluding hydrogens is 327 g/mol. The maximum Gasteiger partial charge on any atom is 0.416 e. The van der Waals surface area contributed by atoms with Crippen molar-refractivity contribution < 1.29 is 13.2 Å². The van der Waals surface area contributed by atoms with E-state index in [-0.39, 0.29) is 0 Å². The van der Waals surface area contributed by atoms with Crippen LogP contribution in [0.5, 0.6) is 0 Å². The van der Waals surface area contributed by atoms with Crippen molar-refractivity contribution in [2.45, 2.75) is 19.5 Å². The van der Waals surface area contributed by atoms with E-state index in [9.17, 15) is 13.2 Å². The summed E-state index contributed by atoms with van der Waals surface area (Å²) in [5.41, 5.74) is 2.06. The van der Waals surface area contributed by atoms with Crippen molar-refractivity contribution in [2.24, 2.45) is 0 Å². The zero-order chi connectivity index (χ0) is 17.9. The van der Waals surface area contributed by atoms with E-state index >= 15 is 0 Å². The van der Waals surface area contributed by atoms with Gasteiger partial charge in [0.05, 0.1) is 17.6 Å². The summed E-state index contributed by atoms with van der Waals surface area (Å²) in [4.78, 5) is 4.08. The summed E-state index contributed by atoms with van der Waals surface area (Å²) in [6, 6.07) is 13.8. The summed E-state index contributed by atoms with van der Waals surface area (Å²) in [5.74, 6) is 0. The molecule has 0 unspecified atom stereocenters. The van der Waals surface area contributed by atoms with Crippen LogP contribution in [0.2, 0.25) is 0 Å². The van der Waals surface area contributed by atoms with Crippen LogP contribution < -0.4 is 5.32 Å². The van der Waals surface area contributed by atoms with Crippen LogP contribution in [0.4, 0.5) is 18.9 Å². The quantitative estimate of drug-likeness (QED) is 0.716. The van der Waals surface area contributed by atoms with Crippen molar-refractivity contribution in [1.82, 2.24) is 9.55 Å². The molecule has 0 saturated heterocycles. The maximum atomic E-state index is 13.2. The molecule has 0 bridgehead atoms. The molecule has 0 aliphatic carbocycles. The van der Waals surface area contributed by atoms with E-state index in [1.807, 2.05) is 30.3 Å². The third-order valence-electron chi connectivity index (χ3n) is 3.84. The first-order chi connectivity index (χ1) is 11.9. The fraction of sp³-hybridized carbons (Fsp3) is 0.211. The minimum Gasteiger partial charge on any atom is -0.385 e. The smallest absolute Gasteiger partial charge is 0.385 e. The molecule has 3 nitrogen and oxygen atoms in total. The number of alkyl halides is 3. The molecule has 0 aliphatic heterocycles. The number of aryl methyl sites for hydroxylation is 1. The Kier molecular flexibility index (Phi) is 4.79. The van der Waals surface area contributed by atoms with Gasteiger partial charge in [-0.3, -0.25) is 0 Å². The summed E-state index contributed by atoms with van der Waals surface area (Å²) in [7, 11) is 0. The third kappa shape index (κ3) is 4.41. The van der Waals surface area contributed by atoms with Crippen molar-refractivity contribution in [3.05, 3.63) is 77.9 Å². The summed E-state index contributed by atoms with van der Waals surface area (Å²) >= 11 is 0. The Morgan fingerprint density at radius 1 is 1.08 bits per heavy atom. The van der Waals surface area contributed by atoms with E-state index in [4.69, 9.17) is 0 Å². The zero-order valence-corrected chi connectivity index (χ0v) is 13.7. The van der Waals surface area contributed by atoms with Gasteiger partial charge in [0.2, 0.25) is 0 Å². The van der Waals surface area contributed by atoms with Crippen molar-refractivity contribution in [2.75, 3.05) is 11.9 Å². The highest BCUT2D eigenvalue weighted by molar-refractivity contribution is 5.55. The Morgan fingerprint density at radius 2 is 1.84 bits per heavy atom. The molecule has 1 heterocycles. The minimum absolute atomic E-state index is 0.428. The van der Waals surface area contributed by atoms with Crippen LogP contribution in [0.25, 0.3) is 5.69 Å². The van der Waals surface area contributed by atoms with Crippen molar-refractivity contribution in [3.8, 4) is 5.69 Å². The van der Waals surface area contributed by atoms with Gasteiger partial charge in [-0.25, -0.2) is 4.98 Å². The predicted octanol–water partition coefficient (Wildman–Crippen LogP) is 4.85. The number of imidazole rings is 1. The van der Waals surface area contributed by atoms with Crippen molar-refractivity contribution in [3.63, 3.8) is 0 Å². The first-order valence-electron chi connectivity index (χ1n) is 7.93.